The molecule has 0 bridgehead atoms. The molecule has 2 aromatic carbocycles. The van der Waals surface area contributed by atoms with Crippen molar-refractivity contribution in [1.29, 1.82) is 0 Å². The van der Waals surface area contributed by atoms with E-state index in [0.29, 0.717) is 10.2 Å². The van der Waals surface area contributed by atoms with E-state index in [4.69, 9.17) is 11.6 Å². The number of anilines is 1. The van der Waals surface area contributed by atoms with E-state index in [1.165, 1.54) is 11.3 Å². The summed E-state index contributed by atoms with van der Waals surface area (Å²) in [6, 6.07) is 12.3. The van der Waals surface area contributed by atoms with Gasteiger partial charge in [0.1, 0.15) is 6.04 Å². The van der Waals surface area contributed by atoms with Crippen molar-refractivity contribution in [2.45, 2.75) is 33.7 Å². The summed E-state index contributed by atoms with van der Waals surface area (Å²) in [4.78, 5) is 30.4. The second kappa shape index (κ2) is 8.29. The molecule has 1 atom stereocenters. The fourth-order valence-corrected chi connectivity index (χ4v) is 4.67. The topological polar surface area (TPSA) is 64.0 Å². The molecule has 0 saturated heterocycles. The Morgan fingerprint density at radius 3 is 2.52 bits per heavy atom. The Bertz CT molecular complexity index is 1360. The smallest absolute Gasteiger partial charge is 0.252 e. The Kier molecular flexibility index (Phi) is 5.69. The molecule has 5 nitrogen and oxygen atoms in total. The summed E-state index contributed by atoms with van der Waals surface area (Å²) in [5.74, 6) is -0.288. The molecule has 0 aliphatic rings. The van der Waals surface area contributed by atoms with Gasteiger partial charge in [0.05, 0.1) is 11.2 Å². The van der Waals surface area contributed by atoms with Crippen LogP contribution in [0.3, 0.4) is 0 Å². The van der Waals surface area contributed by atoms with E-state index in [2.05, 4.69) is 16.4 Å². The maximum Gasteiger partial charge on any atom is 0.252 e. The number of rotatable bonds is 4. The average Bonchev–Trinajstić information content (AvgIpc) is 3.17. The monoisotopic (exact) mass is 451 g/mol. The second-order valence-corrected chi connectivity index (χ2v) is 9.02. The molecule has 7 heteroatoms. The van der Waals surface area contributed by atoms with E-state index in [-0.39, 0.29) is 11.5 Å². The molecule has 0 spiro atoms. The normalized spacial score (nSPS) is 12.2. The highest BCUT2D eigenvalue weighted by Crippen LogP contribution is 2.28. The summed E-state index contributed by atoms with van der Waals surface area (Å²) >= 11 is 7.29. The number of carbonyl (C=O) groups is 1. The van der Waals surface area contributed by atoms with Crippen LogP contribution in [-0.2, 0) is 4.79 Å². The van der Waals surface area contributed by atoms with Crippen LogP contribution < -0.4 is 10.9 Å². The second-order valence-electron chi connectivity index (χ2n) is 7.72. The SMILES string of the molecule is Cc1cc(C)c2c(c1)c(C)cc(=O)n2C(C)C(=O)Nc1nc(-c2ccc(Cl)cc2)cs1. The average molecular weight is 452 g/mol. The molecule has 4 aromatic rings. The lowest BCUT2D eigenvalue weighted by Gasteiger charge is -2.20. The van der Waals surface area contributed by atoms with E-state index < -0.39 is 6.04 Å². The lowest BCUT2D eigenvalue weighted by molar-refractivity contribution is -0.118. The van der Waals surface area contributed by atoms with Crippen molar-refractivity contribution < 1.29 is 4.79 Å². The fourth-order valence-electron chi connectivity index (χ4n) is 3.82. The quantitative estimate of drug-likeness (QED) is 0.420. The molecule has 0 aliphatic heterocycles. The number of hydrogen-bond acceptors (Lipinski definition) is 4. The van der Waals surface area contributed by atoms with Crippen LogP contribution in [0.5, 0.6) is 0 Å². The maximum absolute atomic E-state index is 13.0. The molecule has 31 heavy (non-hydrogen) atoms. The largest absolute Gasteiger partial charge is 0.300 e. The molecular weight excluding hydrogens is 430 g/mol. The Labute approximate surface area is 189 Å². The molecule has 1 unspecified atom stereocenters. The zero-order valence-corrected chi connectivity index (χ0v) is 19.3. The minimum atomic E-state index is -0.695. The summed E-state index contributed by atoms with van der Waals surface area (Å²) in [6.07, 6.45) is 0. The zero-order chi connectivity index (χ0) is 22.3. The minimum absolute atomic E-state index is 0.194. The molecule has 1 amide bonds. The molecule has 0 radical (unpaired) electrons. The van der Waals surface area contributed by atoms with Crippen molar-refractivity contribution in [3.63, 3.8) is 0 Å². The number of pyridine rings is 1. The van der Waals surface area contributed by atoms with Crippen LogP contribution in [0.25, 0.3) is 22.2 Å². The zero-order valence-electron chi connectivity index (χ0n) is 17.7. The summed E-state index contributed by atoms with van der Waals surface area (Å²) in [7, 11) is 0. The minimum Gasteiger partial charge on any atom is -0.300 e. The Morgan fingerprint density at radius 1 is 1.10 bits per heavy atom. The van der Waals surface area contributed by atoms with Gasteiger partial charge in [0.2, 0.25) is 5.91 Å². The molecule has 4 rings (SSSR count). The first kappa shape index (κ1) is 21.3. The van der Waals surface area contributed by atoms with Gasteiger partial charge in [0.25, 0.3) is 5.56 Å². The molecule has 158 valence electrons. The van der Waals surface area contributed by atoms with Crippen LogP contribution in [0.15, 0.2) is 52.6 Å². The van der Waals surface area contributed by atoms with Gasteiger partial charge in [-0.25, -0.2) is 4.98 Å². The lowest BCUT2D eigenvalue weighted by Crippen LogP contribution is -2.32. The van der Waals surface area contributed by atoms with Gasteiger partial charge in [0.15, 0.2) is 5.13 Å². The van der Waals surface area contributed by atoms with Gasteiger partial charge in [0, 0.05) is 27.4 Å². The van der Waals surface area contributed by atoms with Crippen LogP contribution >= 0.6 is 22.9 Å². The number of carbonyl (C=O) groups excluding carboxylic acids is 1. The first-order valence-corrected chi connectivity index (χ1v) is 11.2. The van der Waals surface area contributed by atoms with Gasteiger partial charge in [-0.3, -0.25) is 14.2 Å². The Morgan fingerprint density at radius 2 is 1.81 bits per heavy atom. The number of aryl methyl sites for hydroxylation is 3. The maximum atomic E-state index is 13.0. The number of nitrogens with zero attached hydrogens (tertiary/aromatic N) is 2. The van der Waals surface area contributed by atoms with Crippen molar-refractivity contribution in [2.75, 3.05) is 5.32 Å². The van der Waals surface area contributed by atoms with Crippen molar-refractivity contribution in [3.8, 4) is 11.3 Å². The summed E-state index contributed by atoms with van der Waals surface area (Å²) in [5.41, 5.74) is 5.26. The van der Waals surface area contributed by atoms with Gasteiger partial charge in [-0.2, -0.15) is 0 Å². The number of thiazole rings is 1. The van der Waals surface area contributed by atoms with Gasteiger partial charge >= 0.3 is 0 Å². The van der Waals surface area contributed by atoms with E-state index in [0.717, 1.165) is 38.9 Å². The van der Waals surface area contributed by atoms with Crippen LogP contribution in [-0.4, -0.2) is 15.5 Å². The molecular formula is C24H22ClN3O2S. The summed E-state index contributed by atoms with van der Waals surface area (Å²) in [6.45, 7) is 7.65. The third-order valence-electron chi connectivity index (χ3n) is 5.33. The summed E-state index contributed by atoms with van der Waals surface area (Å²) in [5, 5.41) is 6.86. The predicted octanol–water partition coefficient (Wildman–Crippen LogP) is 5.90. The van der Waals surface area contributed by atoms with Crippen LogP contribution in [0.2, 0.25) is 5.02 Å². The summed E-state index contributed by atoms with van der Waals surface area (Å²) < 4.78 is 1.57. The number of fused-ring (bicyclic) bond motifs is 1. The van der Waals surface area contributed by atoms with E-state index in [1.54, 1.807) is 29.7 Å². The van der Waals surface area contributed by atoms with Crippen molar-refractivity contribution in [2.24, 2.45) is 0 Å². The van der Waals surface area contributed by atoms with Gasteiger partial charge < -0.3 is 5.32 Å². The van der Waals surface area contributed by atoms with Gasteiger partial charge in [-0.05, 0) is 57.0 Å². The number of benzene rings is 2. The number of hydrogen-bond donors (Lipinski definition) is 1. The number of nitrogens with one attached hydrogen (secondary N) is 1. The Hall–Kier alpha value is -2.96. The molecule has 2 heterocycles. The molecule has 0 saturated carbocycles. The van der Waals surface area contributed by atoms with Crippen molar-refractivity contribution in [1.82, 2.24) is 9.55 Å². The van der Waals surface area contributed by atoms with Gasteiger partial charge in [-0.15, -0.1) is 11.3 Å². The van der Waals surface area contributed by atoms with E-state index >= 15 is 0 Å². The molecule has 0 fully saturated rings. The third kappa shape index (κ3) is 4.13. The fraction of sp³-hybridized carbons (Fsp3) is 0.208. The van der Waals surface area contributed by atoms with Crippen molar-refractivity contribution >= 4 is 44.9 Å². The number of halogens is 1. The number of aromatic nitrogens is 2. The van der Waals surface area contributed by atoms with Crippen LogP contribution in [0, 0.1) is 20.8 Å². The third-order valence-corrected chi connectivity index (χ3v) is 6.34. The highest BCUT2D eigenvalue weighted by Gasteiger charge is 2.21. The van der Waals surface area contributed by atoms with Crippen LogP contribution in [0.1, 0.15) is 29.7 Å². The lowest BCUT2D eigenvalue weighted by atomic mass is 10.0. The van der Waals surface area contributed by atoms with Crippen molar-refractivity contribution in [3.05, 3.63) is 79.9 Å². The Balaban J connectivity index is 1.66. The first-order valence-electron chi connectivity index (χ1n) is 9.90. The predicted molar refractivity (Wildman–Crippen MR) is 128 cm³/mol. The van der Waals surface area contributed by atoms with Gasteiger partial charge in [-0.1, -0.05) is 35.4 Å². The first-order chi connectivity index (χ1) is 14.7. The highest BCUT2D eigenvalue weighted by atomic mass is 35.5. The molecule has 2 aromatic heterocycles. The standard InChI is InChI=1S/C24H22ClN3O2S/c1-13-9-15(3)22-19(10-13)14(2)11-21(29)28(22)16(4)23(30)27-24-26-20(12-31-24)17-5-7-18(25)8-6-17/h5-12,16H,1-4H3,(H,26,27,30). The molecule has 1 N–H and O–H groups in total. The van der Waals surface area contributed by atoms with Crippen LogP contribution in [0.4, 0.5) is 5.13 Å². The van der Waals surface area contributed by atoms with E-state index in [1.807, 2.05) is 44.4 Å². The molecule has 0 aliphatic carbocycles. The van der Waals surface area contributed by atoms with E-state index in [9.17, 15) is 9.59 Å². The highest BCUT2D eigenvalue weighted by molar-refractivity contribution is 7.14. The number of amides is 1.